The van der Waals surface area contributed by atoms with E-state index in [2.05, 4.69) is 33.5 Å². The molecule has 0 amide bonds. The third kappa shape index (κ3) is 3.72. The van der Waals surface area contributed by atoms with Crippen LogP contribution >= 0.6 is 0 Å². The Kier molecular flexibility index (Phi) is 5.03. The molecule has 3 aromatic rings. The maximum atomic E-state index is 12.2. The van der Waals surface area contributed by atoms with E-state index in [9.17, 15) is 8.42 Å². The average Bonchev–Trinajstić information content (AvgIpc) is 2.64. The number of benzene rings is 1. The van der Waals surface area contributed by atoms with Gasteiger partial charge < -0.3 is 5.32 Å². The van der Waals surface area contributed by atoms with Gasteiger partial charge >= 0.3 is 0 Å². The van der Waals surface area contributed by atoms with Gasteiger partial charge in [-0.05, 0) is 48.6 Å². The van der Waals surface area contributed by atoms with Crippen molar-refractivity contribution >= 4 is 26.5 Å². The first-order valence-electron chi connectivity index (χ1n) is 9.51. The van der Waals surface area contributed by atoms with Crippen molar-refractivity contribution in [1.82, 2.24) is 14.3 Å². The van der Waals surface area contributed by atoms with Crippen molar-refractivity contribution < 1.29 is 8.42 Å². The molecule has 0 bridgehead atoms. The van der Waals surface area contributed by atoms with Crippen molar-refractivity contribution in [3.05, 3.63) is 54.6 Å². The zero-order valence-corrected chi connectivity index (χ0v) is 16.9. The first-order chi connectivity index (χ1) is 13.5. The third-order valence-electron chi connectivity index (χ3n) is 5.06. The van der Waals surface area contributed by atoms with Crippen LogP contribution in [0.25, 0.3) is 21.9 Å². The summed E-state index contributed by atoms with van der Waals surface area (Å²) in [6.07, 6.45) is 6.15. The molecule has 3 heterocycles. The Hall–Kier alpha value is -2.51. The van der Waals surface area contributed by atoms with Gasteiger partial charge in [0, 0.05) is 54.0 Å². The quantitative estimate of drug-likeness (QED) is 0.691. The Balaban J connectivity index is 1.61. The largest absolute Gasteiger partial charge is 0.379 e. The summed E-state index contributed by atoms with van der Waals surface area (Å²) in [5.41, 5.74) is 4.07. The van der Waals surface area contributed by atoms with Gasteiger partial charge in [0.1, 0.15) is 0 Å². The SMILES string of the molecule is CCCS(=O)(=O)N1CC(Nc2cc(-c3ccc(C)nc3)cc3ccncc23)C1. The molecule has 0 atom stereocenters. The molecule has 1 saturated heterocycles. The van der Waals surface area contributed by atoms with Crippen LogP contribution in [-0.4, -0.2) is 47.6 Å². The second-order valence-corrected chi connectivity index (χ2v) is 9.37. The molecular weight excluding hydrogens is 372 g/mol. The van der Waals surface area contributed by atoms with Gasteiger partial charge in [0.25, 0.3) is 0 Å². The average molecular weight is 397 g/mol. The lowest BCUT2D eigenvalue weighted by Crippen LogP contribution is -2.57. The summed E-state index contributed by atoms with van der Waals surface area (Å²) in [6.45, 7) is 4.86. The van der Waals surface area contributed by atoms with Crippen molar-refractivity contribution in [2.24, 2.45) is 0 Å². The first-order valence-corrected chi connectivity index (χ1v) is 11.1. The first kappa shape index (κ1) is 18.8. The van der Waals surface area contributed by atoms with Gasteiger partial charge in [-0.25, -0.2) is 8.42 Å². The number of aromatic nitrogens is 2. The van der Waals surface area contributed by atoms with Crippen molar-refractivity contribution in [3.63, 3.8) is 0 Å². The molecule has 1 N–H and O–H groups in total. The third-order valence-corrected chi connectivity index (χ3v) is 7.07. The number of pyridine rings is 2. The molecule has 1 aliphatic rings. The van der Waals surface area contributed by atoms with Crippen molar-refractivity contribution in [2.75, 3.05) is 24.2 Å². The van der Waals surface area contributed by atoms with Crippen molar-refractivity contribution in [2.45, 2.75) is 26.3 Å². The Labute approximate surface area is 165 Å². The highest BCUT2D eigenvalue weighted by molar-refractivity contribution is 7.89. The van der Waals surface area contributed by atoms with E-state index in [1.54, 1.807) is 10.5 Å². The lowest BCUT2D eigenvalue weighted by Gasteiger charge is -2.39. The predicted molar refractivity (Wildman–Crippen MR) is 113 cm³/mol. The van der Waals surface area contributed by atoms with Gasteiger partial charge in [-0.15, -0.1) is 0 Å². The molecule has 0 unspecified atom stereocenters. The number of aryl methyl sites for hydroxylation is 1. The van der Waals surface area contributed by atoms with Gasteiger partial charge in [0.2, 0.25) is 10.0 Å². The van der Waals surface area contributed by atoms with E-state index in [1.807, 2.05) is 38.4 Å². The highest BCUT2D eigenvalue weighted by atomic mass is 32.2. The maximum Gasteiger partial charge on any atom is 0.214 e. The number of nitrogens with zero attached hydrogens (tertiary/aromatic N) is 3. The fourth-order valence-corrected chi connectivity index (χ4v) is 5.07. The van der Waals surface area contributed by atoms with Crippen LogP contribution < -0.4 is 5.32 Å². The molecule has 1 fully saturated rings. The molecule has 1 aliphatic heterocycles. The van der Waals surface area contributed by atoms with E-state index in [1.165, 1.54) is 0 Å². The molecule has 146 valence electrons. The number of sulfonamides is 1. The zero-order valence-electron chi connectivity index (χ0n) is 16.1. The fourth-order valence-electron chi connectivity index (χ4n) is 3.49. The Bertz CT molecular complexity index is 1090. The predicted octanol–water partition coefficient (Wildman–Crippen LogP) is 3.44. The summed E-state index contributed by atoms with van der Waals surface area (Å²) in [7, 11) is -3.12. The molecular formula is C21H24N4O2S. The van der Waals surface area contributed by atoms with Crippen LogP contribution in [-0.2, 0) is 10.0 Å². The van der Waals surface area contributed by atoms with E-state index < -0.39 is 10.0 Å². The maximum absolute atomic E-state index is 12.2. The number of rotatable bonds is 6. The molecule has 2 aromatic heterocycles. The normalized spacial score (nSPS) is 15.5. The molecule has 4 rings (SSSR count). The number of hydrogen-bond acceptors (Lipinski definition) is 5. The van der Waals surface area contributed by atoms with Crippen LogP contribution in [0.2, 0.25) is 0 Å². The topological polar surface area (TPSA) is 75.2 Å². The standard InChI is InChI=1S/C21H24N4O2S/c1-3-8-28(26,27)25-13-19(14-25)24-21-10-18(17-5-4-15(2)23-11-17)9-16-6-7-22-12-20(16)21/h4-7,9-12,19,24H,3,8,13-14H2,1-2H3. The van der Waals surface area contributed by atoms with Crippen LogP contribution in [0, 0.1) is 6.92 Å². The summed E-state index contributed by atoms with van der Waals surface area (Å²) in [5.74, 6) is 0.211. The molecule has 0 aliphatic carbocycles. The summed E-state index contributed by atoms with van der Waals surface area (Å²) in [5, 5.41) is 5.64. The summed E-state index contributed by atoms with van der Waals surface area (Å²) >= 11 is 0. The van der Waals surface area contributed by atoms with Crippen LogP contribution in [0.3, 0.4) is 0 Å². The van der Waals surface area contributed by atoms with E-state index in [-0.39, 0.29) is 11.8 Å². The Morgan fingerprint density at radius 1 is 1.14 bits per heavy atom. The molecule has 28 heavy (non-hydrogen) atoms. The second kappa shape index (κ2) is 7.48. The minimum Gasteiger partial charge on any atom is -0.379 e. The molecule has 0 spiro atoms. The van der Waals surface area contributed by atoms with E-state index in [0.717, 1.165) is 33.3 Å². The Morgan fingerprint density at radius 2 is 1.96 bits per heavy atom. The number of anilines is 1. The molecule has 1 aromatic carbocycles. The monoisotopic (exact) mass is 396 g/mol. The molecule has 6 nitrogen and oxygen atoms in total. The van der Waals surface area contributed by atoms with Crippen LogP contribution in [0.4, 0.5) is 5.69 Å². The van der Waals surface area contributed by atoms with Gasteiger partial charge in [-0.1, -0.05) is 13.0 Å². The molecule has 7 heteroatoms. The smallest absolute Gasteiger partial charge is 0.214 e. The second-order valence-electron chi connectivity index (χ2n) is 7.28. The lowest BCUT2D eigenvalue weighted by molar-refractivity contribution is 0.281. The van der Waals surface area contributed by atoms with Crippen molar-refractivity contribution in [3.8, 4) is 11.1 Å². The minimum absolute atomic E-state index is 0.0985. The van der Waals surface area contributed by atoms with Crippen LogP contribution in [0.1, 0.15) is 19.0 Å². The number of fused-ring (bicyclic) bond motifs is 1. The molecule has 0 radical (unpaired) electrons. The van der Waals surface area contributed by atoms with Gasteiger partial charge in [-0.3, -0.25) is 9.97 Å². The summed E-state index contributed by atoms with van der Waals surface area (Å²) in [6, 6.07) is 10.4. The molecule has 0 saturated carbocycles. The van der Waals surface area contributed by atoms with Crippen LogP contribution in [0.5, 0.6) is 0 Å². The minimum atomic E-state index is -3.12. The Morgan fingerprint density at radius 3 is 2.68 bits per heavy atom. The highest BCUT2D eigenvalue weighted by Crippen LogP contribution is 2.32. The summed E-state index contributed by atoms with van der Waals surface area (Å²) < 4.78 is 25.9. The van der Waals surface area contributed by atoms with Crippen molar-refractivity contribution in [1.29, 1.82) is 0 Å². The summed E-state index contributed by atoms with van der Waals surface area (Å²) in [4.78, 5) is 8.66. The van der Waals surface area contributed by atoms with Gasteiger partial charge in [-0.2, -0.15) is 4.31 Å². The zero-order chi connectivity index (χ0) is 19.7. The lowest BCUT2D eigenvalue weighted by atomic mass is 10.0. The van der Waals surface area contributed by atoms with Crippen LogP contribution in [0.15, 0.2) is 48.9 Å². The van der Waals surface area contributed by atoms with Gasteiger partial charge in [0.15, 0.2) is 0 Å². The number of nitrogens with one attached hydrogen (secondary N) is 1. The fraction of sp³-hybridized carbons (Fsp3) is 0.333. The highest BCUT2D eigenvalue weighted by Gasteiger charge is 2.35. The van der Waals surface area contributed by atoms with E-state index >= 15 is 0 Å². The number of hydrogen-bond donors (Lipinski definition) is 1. The van der Waals surface area contributed by atoms with Gasteiger partial charge in [0.05, 0.1) is 11.8 Å². The van der Waals surface area contributed by atoms with E-state index in [0.29, 0.717) is 19.5 Å². The van der Waals surface area contributed by atoms with E-state index in [4.69, 9.17) is 0 Å².